The zero-order valence-electron chi connectivity index (χ0n) is 4.68. The van der Waals surface area contributed by atoms with Gasteiger partial charge in [-0.05, 0) is 19.0 Å². The van der Waals surface area contributed by atoms with Crippen LogP contribution >= 0.6 is 7.92 Å². The summed E-state index contributed by atoms with van der Waals surface area (Å²) in [6.07, 6.45) is 2.66. The number of rotatable bonds is 0. The first kappa shape index (κ1) is 56.5. The summed E-state index contributed by atoms with van der Waals surface area (Å²) in [4.78, 5) is 0. The molecule has 0 spiro atoms. The lowest BCUT2D eigenvalue weighted by Gasteiger charge is -2.17. The van der Waals surface area contributed by atoms with Crippen LogP contribution in [0.5, 0.6) is 0 Å². The fourth-order valence-corrected chi connectivity index (χ4v) is 1.76. The predicted octanol–water partition coefficient (Wildman–Crippen LogP) is -8.34. The van der Waals surface area contributed by atoms with Crippen molar-refractivity contribution in [3.8, 4) is 0 Å². The third kappa shape index (κ3) is 31.3. The Hall–Kier alpha value is 0.909. The summed E-state index contributed by atoms with van der Waals surface area (Å²) in [5, 5.41) is 0. The lowest BCUT2D eigenvalue weighted by atomic mass is 10.8. The number of ether oxygens (including phenoxy) is 1. The molecule has 15 heavy (non-hydrogen) atoms. The SMILES string of the molecule is B.B.B.B.B.B.B.B.CP1CCOCC1. The van der Waals surface area contributed by atoms with Crippen molar-refractivity contribution in [1.29, 1.82) is 0 Å². The van der Waals surface area contributed by atoms with E-state index in [1.807, 2.05) is 0 Å². The van der Waals surface area contributed by atoms with Gasteiger partial charge in [0.05, 0.1) is 80.5 Å². The molecule has 0 amide bonds. The van der Waals surface area contributed by atoms with Crippen molar-refractivity contribution in [2.45, 2.75) is 0 Å². The molecule has 0 saturated carbocycles. The molecule has 1 aliphatic rings. The largest absolute Gasteiger partial charge is 0.381 e. The van der Waals surface area contributed by atoms with Crippen molar-refractivity contribution in [2.75, 3.05) is 32.2 Å². The number of hydrogen-bond donors (Lipinski definition) is 0. The first-order valence-electron chi connectivity index (χ1n) is 2.66. The molecule has 0 bridgehead atoms. The Kier molecular flexibility index (Phi) is 137. The van der Waals surface area contributed by atoms with E-state index in [0.29, 0.717) is 7.92 Å². The van der Waals surface area contributed by atoms with Crippen molar-refractivity contribution in [3.05, 3.63) is 0 Å². The molecular weight excluding hydrogens is 194 g/mol. The van der Waals surface area contributed by atoms with Crippen LogP contribution in [0.25, 0.3) is 0 Å². The Morgan fingerprint density at radius 1 is 0.667 bits per heavy atom. The maximum atomic E-state index is 5.16. The highest BCUT2D eigenvalue weighted by molar-refractivity contribution is 7.56. The second-order valence-electron chi connectivity index (χ2n) is 1.92. The third-order valence-corrected chi connectivity index (χ3v) is 3.13. The minimum absolute atomic E-state index is 0. The van der Waals surface area contributed by atoms with Gasteiger partial charge in [-0.3, -0.25) is 0 Å². The molecule has 0 unspecified atom stereocenters. The Morgan fingerprint density at radius 3 is 1.07 bits per heavy atom. The van der Waals surface area contributed by atoms with E-state index in [9.17, 15) is 0 Å². The van der Waals surface area contributed by atoms with Crippen LogP contribution in [0.15, 0.2) is 0 Å². The second kappa shape index (κ2) is 36.3. The Labute approximate surface area is 112 Å². The zero-order chi connectivity index (χ0) is 5.11. The van der Waals surface area contributed by atoms with Gasteiger partial charge in [-0.15, -0.1) is 7.92 Å². The maximum Gasteiger partial charge on any atom is 0.0814 e. The molecule has 10 heteroatoms. The van der Waals surface area contributed by atoms with Crippen molar-refractivity contribution in [2.24, 2.45) is 0 Å². The van der Waals surface area contributed by atoms with E-state index >= 15 is 0 Å². The highest BCUT2D eigenvalue weighted by Crippen LogP contribution is 2.31. The molecule has 1 heterocycles. The van der Waals surface area contributed by atoms with Crippen LogP contribution in [0.4, 0.5) is 0 Å². The topological polar surface area (TPSA) is 9.23 Å². The molecule has 0 aromatic heterocycles. The van der Waals surface area contributed by atoms with Crippen molar-refractivity contribution in [3.63, 3.8) is 0 Å². The van der Waals surface area contributed by atoms with Gasteiger partial charge in [0.1, 0.15) is 0 Å². The minimum atomic E-state index is 0. The van der Waals surface area contributed by atoms with Gasteiger partial charge in [0, 0.05) is 0 Å². The summed E-state index contributed by atoms with van der Waals surface area (Å²) in [5.74, 6) is 0. The summed E-state index contributed by atoms with van der Waals surface area (Å²) < 4.78 is 5.16. The van der Waals surface area contributed by atoms with Crippen LogP contribution in [-0.2, 0) is 4.74 Å². The molecule has 0 aliphatic carbocycles. The molecule has 0 atom stereocenters. The monoisotopic (exact) mass is 230 g/mol. The molecule has 1 aliphatic heterocycles. The molecule has 0 radical (unpaired) electrons. The first-order valence-corrected chi connectivity index (χ1v) is 4.82. The van der Waals surface area contributed by atoms with Crippen LogP contribution < -0.4 is 0 Å². The summed E-state index contributed by atoms with van der Waals surface area (Å²) in [6.45, 7) is 4.38. The summed E-state index contributed by atoms with van der Waals surface area (Å²) >= 11 is 0. The first-order chi connectivity index (χ1) is 3.39. The third-order valence-electron chi connectivity index (χ3n) is 1.23. The summed E-state index contributed by atoms with van der Waals surface area (Å²) in [7, 11) is 0.383. The van der Waals surface area contributed by atoms with Gasteiger partial charge < -0.3 is 4.74 Å². The quantitative estimate of drug-likeness (QED) is 0.296. The van der Waals surface area contributed by atoms with Gasteiger partial charge in [0.15, 0.2) is 0 Å². The lowest BCUT2D eigenvalue weighted by molar-refractivity contribution is 0.158. The van der Waals surface area contributed by atoms with Gasteiger partial charge in [-0.2, -0.15) is 0 Å². The van der Waals surface area contributed by atoms with Crippen molar-refractivity contribution < 1.29 is 4.74 Å². The average molecular weight is 229 g/mol. The molecular formula is C5H35B8OP. The second-order valence-corrected chi connectivity index (χ2v) is 4.52. The summed E-state index contributed by atoms with van der Waals surface area (Å²) in [5.41, 5.74) is 0. The Morgan fingerprint density at radius 2 is 0.933 bits per heavy atom. The molecule has 0 aromatic rings. The molecule has 90 valence electrons. The van der Waals surface area contributed by atoms with E-state index in [2.05, 4.69) is 6.66 Å². The molecule has 1 fully saturated rings. The molecule has 0 N–H and O–H groups in total. The van der Waals surface area contributed by atoms with Gasteiger partial charge in [0.2, 0.25) is 0 Å². The van der Waals surface area contributed by atoms with Crippen LogP contribution in [0.1, 0.15) is 0 Å². The maximum absolute atomic E-state index is 5.16. The molecule has 1 nitrogen and oxygen atoms in total. The fourth-order valence-electron chi connectivity index (χ4n) is 0.655. The Balaban J connectivity index is -0.0000000102. The van der Waals surface area contributed by atoms with Crippen LogP contribution in [0.3, 0.4) is 0 Å². The van der Waals surface area contributed by atoms with Crippen LogP contribution in [0.2, 0.25) is 0 Å². The van der Waals surface area contributed by atoms with E-state index in [1.165, 1.54) is 12.3 Å². The van der Waals surface area contributed by atoms with Gasteiger partial charge >= 0.3 is 0 Å². The molecule has 1 rings (SSSR count). The average Bonchev–Trinajstić information content (AvgIpc) is 1.69. The molecule has 1 saturated heterocycles. The van der Waals surface area contributed by atoms with E-state index in [-0.39, 0.29) is 67.3 Å². The van der Waals surface area contributed by atoms with Gasteiger partial charge in [-0.1, -0.05) is 0 Å². The smallest absolute Gasteiger partial charge is 0.0814 e. The molecule has 0 aromatic carbocycles. The lowest BCUT2D eigenvalue weighted by Crippen LogP contribution is -2.11. The van der Waals surface area contributed by atoms with E-state index in [1.54, 1.807) is 0 Å². The summed E-state index contributed by atoms with van der Waals surface area (Å²) in [6, 6.07) is 0. The predicted molar refractivity (Wildman–Crippen MR) is 113 cm³/mol. The Bertz CT molecular complexity index is 65.0. The van der Waals surface area contributed by atoms with E-state index < -0.39 is 0 Å². The minimum Gasteiger partial charge on any atom is -0.381 e. The van der Waals surface area contributed by atoms with Crippen LogP contribution in [0, 0.1) is 0 Å². The van der Waals surface area contributed by atoms with Gasteiger partial charge in [0.25, 0.3) is 0 Å². The van der Waals surface area contributed by atoms with Crippen molar-refractivity contribution >= 4 is 75.2 Å². The zero-order valence-corrected chi connectivity index (χ0v) is 5.58. The standard InChI is InChI=1S/C5H11OP.8BH3/c1-7-4-2-6-3-5-7;;;;;;;;/h2-5H2,1H3;8*1H3. The van der Waals surface area contributed by atoms with Crippen LogP contribution in [-0.4, -0.2) is 99.5 Å². The highest BCUT2D eigenvalue weighted by atomic mass is 31.1. The van der Waals surface area contributed by atoms with E-state index in [4.69, 9.17) is 4.74 Å². The normalized spacial score (nSPS) is 11.8. The van der Waals surface area contributed by atoms with E-state index in [0.717, 1.165) is 13.2 Å². The highest BCUT2D eigenvalue weighted by Gasteiger charge is 2.05. The van der Waals surface area contributed by atoms with Crippen molar-refractivity contribution in [1.82, 2.24) is 0 Å². The fraction of sp³-hybridized carbons (Fsp3) is 1.00. The number of hydrogen-bond acceptors (Lipinski definition) is 1. The van der Waals surface area contributed by atoms with Gasteiger partial charge in [-0.25, -0.2) is 0 Å².